The Labute approximate surface area is 101 Å². The number of hydrogen-bond donors (Lipinski definition) is 1. The molecule has 2 unspecified atom stereocenters. The van der Waals surface area contributed by atoms with Crippen LogP contribution in [0.5, 0.6) is 0 Å². The molecule has 0 amide bonds. The van der Waals surface area contributed by atoms with Crippen molar-refractivity contribution < 1.29 is 0 Å². The summed E-state index contributed by atoms with van der Waals surface area (Å²) in [5, 5.41) is 3.25. The SMILES string of the molecule is CCN1CCCC1CN(C)CC(C)CNC. The van der Waals surface area contributed by atoms with E-state index in [-0.39, 0.29) is 0 Å². The van der Waals surface area contributed by atoms with Gasteiger partial charge in [0.1, 0.15) is 0 Å². The third-order valence-corrected chi connectivity index (χ3v) is 3.60. The zero-order valence-electron chi connectivity index (χ0n) is 11.5. The lowest BCUT2D eigenvalue weighted by molar-refractivity contribution is 0.185. The standard InChI is InChI=1S/C13H29N3/c1-5-16-8-6-7-13(16)11-15(4)10-12(2)9-14-3/h12-14H,5-11H2,1-4H3. The Hall–Kier alpha value is -0.120. The normalized spacial score (nSPS) is 24.2. The summed E-state index contributed by atoms with van der Waals surface area (Å²) in [6.07, 6.45) is 2.77. The summed E-state index contributed by atoms with van der Waals surface area (Å²) < 4.78 is 0. The van der Waals surface area contributed by atoms with Crippen LogP contribution in [-0.4, -0.2) is 62.7 Å². The zero-order chi connectivity index (χ0) is 12.0. The zero-order valence-corrected chi connectivity index (χ0v) is 11.5. The van der Waals surface area contributed by atoms with Crippen LogP contribution in [0.15, 0.2) is 0 Å². The van der Waals surface area contributed by atoms with E-state index in [4.69, 9.17) is 0 Å². The molecule has 0 aromatic rings. The number of rotatable bonds is 7. The van der Waals surface area contributed by atoms with Crippen LogP contribution < -0.4 is 5.32 Å². The number of likely N-dealkylation sites (tertiary alicyclic amines) is 1. The molecular weight excluding hydrogens is 198 g/mol. The fourth-order valence-electron chi connectivity index (χ4n) is 2.90. The average molecular weight is 227 g/mol. The van der Waals surface area contributed by atoms with Crippen LogP contribution in [0.3, 0.4) is 0 Å². The summed E-state index contributed by atoms with van der Waals surface area (Å²) in [6, 6.07) is 0.803. The van der Waals surface area contributed by atoms with Gasteiger partial charge in [0.2, 0.25) is 0 Å². The van der Waals surface area contributed by atoms with Crippen molar-refractivity contribution in [1.82, 2.24) is 15.1 Å². The van der Waals surface area contributed by atoms with Gasteiger partial charge in [0.05, 0.1) is 0 Å². The monoisotopic (exact) mass is 227 g/mol. The first-order valence-electron chi connectivity index (χ1n) is 6.74. The van der Waals surface area contributed by atoms with Crippen LogP contribution in [0.25, 0.3) is 0 Å². The number of nitrogens with one attached hydrogen (secondary N) is 1. The van der Waals surface area contributed by atoms with Gasteiger partial charge in [-0.15, -0.1) is 0 Å². The lowest BCUT2D eigenvalue weighted by Gasteiger charge is -2.29. The van der Waals surface area contributed by atoms with Gasteiger partial charge in [0.25, 0.3) is 0 Å². The second-order valence-electron chi connectivity index (χ2n) is 5.31. The third kappa shape index (κ3) is 4.40. The molecule has 1 N–H and O–H groups in total. The molecule has 0 radical (unpaired) electrons. The van der Waals surface area contributed by atoms with Crippen molar-refractivity contribution in [2.24, 2.45) is 5.92 Å². The topological polar surface area (TPSA) is 18.5 Å². The molecule has 3 nitrogen and oxygen atoms in total. The highest BCUT2D eigenvalue weighted by molar-refractivity contribution is 4.80. The van der Waals surface area contributed by atoms with Gasteiger partial charge in [0.15, 0.2) is 0 Å². The van der Waals surface area contributed by atoms with Gasteiger partial charge in [-0.05, 0) is 52.5 Å². The van der Waals surface area contributed by atoms with Crippen molar-refractivity contribution in [3.63, 3.8) is 0 Å². The minimum absolute atomic E-state index is 0.742. The van der Waals surface area contributed by atoms with Crippen LogP contribution in [0.4, 0.5) is 0 Å². The Balaban J connectivity index is 2.24. The van der Waals surface area contributed by atoms with E-state index in [0.29, 0.717) is 0 Å². The van der Waals surface area contributed by atoms with Gasteiger partial charge in [0, 0.05) is 19.1 Å². The molecule has 0 aromatic heterocycles. The molecule has 0 aromatic carbocycles. The maximum Gasteiger partial charge on any atom is 0.0223 e. The Morgan fingerprint density at radius 2 is 2.25 bits per heavy atom. The summed E-state index contributed by atoms with van der Waals surface area (Å²) in [6.45, 7) is 10.7. The summed E-state index contributed by atoms with van der Waals surface area (Å²) in [4.78, 5) is 5.12. The molecule has 0 spiro atoms. The molecule has 3 heteroatoms. The van der Waals surface area contributed by atoms with E-state index < -0.39 is 0 Å². The fraction of sp³-hybridized carbons (Fsp3) is 1.00. The molecule has 1 saturated heterocycles. The molecule has 1 rings (SSSR count). The summed E-state index contributed by atoms with van der Waals surface area (Å²) in [5.74, 6) is 0.742. The van der Waals surface area contributed by atoms with Crippen LogP contribution in [-0.2, 0) is 0 Å². The maximum absolute atomic E-state index is 3.25. The van der Waals surface area contributed by atoms with Crippen molar-refractivity contribution >= 4 is 0 Å². The van der Waals surface area contributed by atoms with Gasteiger partial charge in [-0.25, -0.2) is 0 Å². The molecule has 16 heavy (non-hydrogen) atoms. The van der Waals surface area contributed by atoms with Crippen molar-refractivity contribution in [2.45, 2.75) is 32.7 Å². The summed E-state index contributed by atoms with van der Waals surface area (Å²) in [5.41, 5.74) is 0. The van der Waals surface area contributed by atoms with Crippen LogP contribution in [0.2, 0.25) is 0 Å². The highest BCUT2D eigenvalue weighted by Crippen LogP contribution is 2.17. The maximum atomic E-state index is 3.25. The largest absolute Gasteiger partial charge is 0.319 e. The van der Waals surface area contributed by atoms with E-state index in [9.17, 15) is 0 Å². The lowest BCUT2D eigenvalue weighted by Crippen LogP contribution is -2.40. The van der Waals surface area contributed by atoms with Crippen molar-refractivity contribution in [3.8, 4) is 0 Å². The molecule has 1 aliphatic heterocycles. The molecule has 0 saturated carbocycles. The predicted molar refractivity (Wildman–Crippen MR) is 70.9 cm³/mol. The molecular formula is C13H29N3. The van der Waals surface area contributed by atoms with E-state index in [1.54, 1.807) is 0 Å². The minimum atomic E-state index is 0.742. The van der Waals surface area contributed by atoms with Crippen LogP contribution in [0.1, 0.15) is 26.7 Å². The van der Waals surface area contributed by atoms with Crippen LogP contribution in [0, 0.1) is 5.92 Å². The van der Waals surface area contributed by atoms with Gasteiger partial charge < -0.3 is 10.2 Å². The quantitative estimate of drug-likeness (QED) is 0.706. The first kappa shape index (κ1) is 13.9. The molecule has 1 heterocycles. The van der Waals surface area contributed by atoms with E-state index in [1.807, 2.05) is 7.05 Å². The number of nitrogens with zero attached hydrogens (tertiary/aromatic N) is 2. The molecule has 1 fully saturated rings. The van der Waals surface area contributed by atoms with Gasteiger partial charge >= 0.3 is 0 Å². The first-order valence-corrected chi connectivity index (χ1v) is 6.74. The van der Waals surface area contributed by atoms with E-state index in [0.717, 1.165) is 18.5 Å². The van der Waals surface area contributed by atoms with Crippen LogP contribution >= 0.6 is 0 Å². The predicted octanol–water partition coefficient (Wildman–Crippen LogP) is 1.26. The lowest BCUT2D eigenvalue weighted by atomic mass is 10.1. The second kappa shape index (κ2) is 7.25. The fourth-order valence-corrected chi connectivity index (χ4v) is 2.90. The average Bonchev–Trinajstić information content (AvgIpc) is 2.65. The van der Waals surface area contributed by atoms with Crippen molar-refractivity contribution in [3.05, 3.63) is 0 Å². The summed E-state index contributed by atoms with van der Waals surface area (Å²) >= 11 is 0. The highest BCUT2D eigenvalue weighted by Gasteiger charge is 2.24. The van der Waals surface area contributed by atoms with E-state index in [2.05, 4.69) is 36.0 Å². The molecule has 1 aliphatic rings. The van der Waals surface area contributed by atoms with Gasteiger partial charge in [-0.1, -0.05) is 13.8 Å². The van der Waals surface area contributed by atoms with Crippen molar-refractivity contribution in [2.75, 3.05) is 46.8 Å². The number of likely N-dealkylation sites (N-methyl/N-ethyl adjacent to an activating group) is 2. The summed E-state index contributed by atoms with van der Waals surface area (Å²) in [7, 11) is 4.30. The smallest absolute Gasteiger partial charge is 0.0223 e. The van der Waals surface area contributed by atoms with Gasteiger partial charge in [-0.3, -0.25) is 4.90 Å². The highest BCUT2D eigenvalue weighted by atomic mass is 15.2. The van der Waals surface area contributed by atoms with Gasteiger partial charge in [-0.2, -0.15) is 0 Å². The molecule has 0 bridgehead atoms. The Morgan fingerprint density at radius 3 is 2.88 bits per heavy atom. The first-order chi connectivity index (χ1) is 7.67. The van der Waals surface area contributed by atoms with E-state index in [1.165, 1.54) is 39.0 Å². The Kier molecular flexibility index (Phi) is 6.32. The second-order valence-corrected chi connectivity index (χ2v) is 5.31. The molecule has 0 aliphatic carbocycles. The molecule has 2 atom stereocenters. The Bertz CT molecular complexity index is 184. The number of hydrogen-bond acceptors (Lipinski definition) is 3. The third-order valence-electron chi connectivity index (χ3n) is 3.60. The van der Waals surface area contributed by atoms with Crippen molar-refractivity contribution in [1.29, 1.82) is 0 Å². The van der Waals surface area contributed by atoms with E-state index >= 15 is 0 Å². The minimum Gasteiger partial charge on any atom is -0.319 e. The Morgan fingerprint density at radius 1 is 1.50 bits per heavy atom. The molecule has 96 valence electrons.